The van der Waals surface area contributed by atoms with E-state index in [1.54, 1.807) is 13.2 Å². The third-order valence-corrected chi connectivity index (χ3v) is 6.93. The lowest BCUT2D eigenvalue weighted by atomic mass is 9.84. The maximum atomic E-state index is 13.0. The van der Waals surface area contributed by atoms with Crippen molar-refractivity contribution in [2.45, 2.75) is 57.2 Å². The van der Waals surface area contributed by atoms with E-state index in [-0.39, 0.29) is 29.9 Å². The number of nitrogens with one attached hydrogen (secondary N) is 1. The van der Waals surface area contributed by atoms with Crippen LogP contribution in [0.4, 0.5) is 5.69 Å². The van der Waals surface area contributed by atoms with E-state index in [0.717, 1.165) is 45.2 Å². The normalized spacial score (nSPS) is 26.4. The van der Waals surface area contributed by atoms with E-state index in [1.807, 2.05) is 6.92 Å². The number of nitrogens with two attached hydrogens (primary N) is 1. The predicted molar refractivity (Wildman–Crippen MR) is 123 cm³/mol. The zero-order chi connectivity index (χ0) is 23.3. The summed E-state index contributed by atoms with van der Waals surface area (Å²) in [7, 11) is 3.16. The maximum Gasteiger partial charge on any atom is 0.308 e. The van der Waals surface area contributed by atoms with Crippen LogP contribution in [0.25, 0.3) is 0 Å². The molecule has 2 unspecified atom stereocenters. The minimum atomic E-state index is -0.265. The smallest absolute Gasteiger partial charge is 0.308 e. The quantitative estimate of drug-likeness (QED) is 0.469. The zero-order valence-corrected chi connectivity index (χ0v) is 19.8. The largest absolute Gasteiger partial charge is 0.496 e. The molecular formula is C23H34ClN3O5. The number of hydrogen-bond acceptors (Lipinski definition) is 7. The molecule has 1 aliphatic carbocycles. The Hall–Kier alpha value is -2.03. The van der Waals surface area contributed by atoms with E-state index >= 15 is 0 Å². The number of amides is 1. The maximum absolute atomic E-state index is 13.0. The van der Waals surface area contributed by atoms with Gasteiger partial charge in [0, 0.05) is 32.3 Å². The molecule has 1 aromatic rings. The first-order chi connectivity index (χ1) is 15.4. The van der Waals surface area contributed by atoms with Crippen LogP contribution in [0, 0.1) is 5.92 Å². The number of ether oxygens (including phenoxy) is 3. The number of nitrogen functional groups attached to an aromatic ring is 1. The fraction of sp³-hybridized carbons (Fsp3) is 0.652. The number of hydrogen-bond donors (Lipinski definition) is 2. The van der Waals surface area contributed by atoms with E-state index in [9.17, 15) is 9.59 Å². The van der Waals surface area contributed by atoms with Gasteiger partial charge in [-0.2, -0.15) is 0 Å². The molecule has 9 heteroatoms. The molecule has 1 amide bonds. The summed E-state index contributed by atoms with van der Waals surface area (Å²) < 4.78 is 16.2. The number of likely N-dealkylation sites (tertiary alicyclic amines) is 1. The van der Waals surface area contributed by atoms with Crippen LogP contribution >= 0.6 is 11.6 Å². The highest BCUT2D eigenvalue weighted by molar-refractivity contribution is 6.33. The molecule has 1 aliphatic heterocycles. The van der Waals surface area contributed by atoms with Crippen molar-refractivity contribution in [2.24, 2.45) is 5.92 Å². The molecule has 1 heterocycles. The van der Waals surface area contributed by atoms with E-state index in [0.29, 0.717) is 34.7 Å². The minimum Gasteiger partial charge on any atom is -0.496 e. The van der Waals surface area contributed by atoms with Crippen molar-refractivity contribution in [3.05, 3.63) is 22.7 Å². The Labute approximate surface area is 194 Å². The van der Waals surface area contributed by atoms with Crippen LogP contribution in [0.5, 0.6) is 5.75 Å². The second-order valence-electron chi connectivity index (χ2n) is 8.47. The number of nitrogens with zero attached hydrogens (tertiary/aromatic N) is 1. The summed E-state index contributed by atoms with van der Waals surface area (Å²) in [6.45, 7) is 3.87. The van der Waals surface area contributed by atoms with Crippen LogP contribution in [-0.2, 0) is 14.3 Å². The van der Waals surface area contributed by atoms with Crippen LogP contribution in [-0.4, -0.2) is 68.9 Å². The lowest BCUT2D eigenvalue weighted by Crippen LogP contribution is -2.57. The summed E-state index contributed by atoms with van der Waals surface area (Å²) in [4.78, 5) is 27.4. The Balaban J connectivity index is 1.58. The molecule has 3 N–H and O–H groups in total. The number of carbonyl (C=O) groups is 2. The lowest BCUT2D eigenvalue weighted by molar-refractivity contribution is -0.149. The van der Waals surface area contributed by atoms with Gasteiger partial charge in [-0.15, -0.1) is 0 Å². The predicted octanol–water partition coefficient (Wildman–Crippen LogP) is 2.87. The van der Waals surface area contributed by atoms with E-state index in [2.05, 4.69) is 10.2 Å². The minimum absolute atomic E-state index is 0.0166. The Bertz CT molecular complexity index is 813. The average molecular weight is 468 g/mol. The molecule has 0 radical (unpaired) electrons. The van der Waals surface area contributed by atoms with Gasteiger partial charge in [-0.25, -0.2) is 0 Å². The molecule has 32 heavy (non-hydrogen) atoms. The van der Waals surface area contributed by atoms with Crippen molar-refractivity contribution in [2.75, 3.05) is 39.6 Å². The Morgan fingerprint density at radius 3 is 2.53 bits per heavy atom. The van der Waals surface area contributed by atoms with Crippen molar-refractivity contribution in [3.8, 4) is 5.75 Å². The van der Waals surface area contributed by atoms with Crippen LogP contribution < -0.4 is 15.8 Å². The molecule has 2 aliphatic rings. The third kappa shape index (κ3) is 5.66. The number of methoxy groups -OCH3 is 2. The molecule has 1 aromatic carbocycles. The third-order valence-electron chi connectivity index (χ3n) is 6.61. The highest BCUT2D eigenvalue weighted by Gasteiger charge is 2.36. The number of carbonyl (C=O) groups excluding carboxylic acids is 2. The van der Waals surface area contributed by atoms with Gasteiger partial charge in [-0.3, -0.25) is 14.5 Å². The molecule has 2 fully saturated rings. The van der Waals surface area contributed by atoms with Crippen molar-refractivity contribution < 1.29 is 23.8 Å². The number of esters is 1. The number of piperidine rings is 1. The van der Waals surface area contributed by atoms with E-state index in [1.165, 1.54) is 13.2 Å². The number of anilines is 1. The number of rotatable bonds is 7. The molecule has 2 atom stereocenters. The van der Waals surface area contributed by atoms with Crippen molar-refractivity contribution in [1.82, 2.24) is 10.2 Å². The van der Waals surface area contributed by atoms with Gasteiger partial charge < -0.3 is 25.3 Å². The fourth-order valence-electron chi connectivity index (χ4n) is 4.77. The first kappa shape index (κ1) is 24.6. The molecule has 1 saturated heterocycles. The van der Waals surface area contributed by atoms with Crippen LogP contribution in [0.3, 0.4) is 0 Å². The van der Waals surface area contributed by atoms with Crippen LogP contribution in [0.15, 0.2) is 12.1 Å². The molecule has 0 bridgehead atoms. The topological polar surface area (TPSA) is 103 Å². The standard InChI is InChI=1S/C23H34ClN3O5/c1-4-32-23(29)14-5-7-15(8-6-14)27-10-9-19(21(13-27)31-3)26-22(28)16-11-17(24)18(25)12-20(16)30-2/h11-12,14-15,19,21H,4-10,13,25H2,1-3H3,(H,26,28)/t14-,15-,19?,21?. The van der Waals surface area contributed by atoms with Gasteiger partial charge in [0.1, 0.15) is 5.75 Å². The fourth-order valence-corrected chi connectivity index (χ4v) is 4.94. The summed E-state index contributed by atoms with van der Waals surface area (Å²) >= 11 is 6.12. The van der Waals surface area contributed by atoms with Gasteiger partial charge in [0.05, 0.1) is 48.1 Å². The van der Waals surface area contributed by atoms with E-state index < -0.39 is 0 Å². The lowest BCUT2D eigenvalue weighted by Gasteiger charge is -2.43. The monoisotopic (exact) mass is 467 g/mol. The second-order valence-corrected chi connectivity index (χ2v) is 8.88. The van der Waals surface area contributed by atoms with Gasteiger partial charge >= 0.3 is 5.97 Å². The Morgan fingerprint density at radius 2 is 1.91 bits per heavy atom. The molecule has 1 saturated carbocycles. The van der Waals surface area contributed by atoms with Crippen LogP contribution in [0.1, 0.15) is 49.4 Å². The first-order valence-corrected chi connectivity index (χ1v) is 11.6. The Kier molecular flexibility index (Phi) is 8.62. The average Bonchev–Trinajstić information content (AvgIpc) is 2.81. The van der Waals surface area contributed by atoms with Crippen molar-refractivity contribution in [3.63, 3.8) is 0 Å². The summed E-state index contributed by atoms with van der Waals surface area (Å²) in [5.41, 5.74) is 6.53. The highest BCUT2D eigenvalue weighted by Crippen LogP contribution is 2.32. The molecular weight excluding hydrogens is 434 g/mol. The molecule has 0 spiro atoms. The van der Waals surface area contributed by atoms with Crippen LogP contribution in [0.2, 0.25) is 5.02 Å². The van der Waals surface area contributed by atoms with Gasteiger partial charge in [0.25, 0.3) is 5.91 Å². The molecule has 3 rings (SSSR count). The van der Waals surface area contributed by atoms with Gasteiger partial charge in [0.15, 0.2) is 0 Å². The number of halogens is 1. The van der Waals surface area contributed by atoms with Crippen molar-refractivity contribution in [1.29, 1.82) is 0 Å². The van der Waals surface area contributed by atoms with Gasteiger partial charge in [-0.05, 0) is 45.1 Å². The molecule has 178 valence electrons. The molecule has 8 nitrogen and oxygen atoms in total. The molecule has 0 aromatic heterocycles. The van der Waals surface area contributed by atoms with E-state index in [4.69, 9.17) is 31.5 Å². The Morgan fingerprint density at radius 1 is 1.19 bits per heavy atom. The summed E-state index contributed by atoms with van der Waals surface area (Å²) in [5, 5.41) is 3.40. The zero-order valence-electron chi connectivity index (χ0n) is 19.1. The van der Waals surface area contributed by atoms with Gasteiger partial charge in [0.2, 0.25) is 0 Å². The summed E-state index contributed by atoms with van der Waals surface area (Å²) in [6.07, 6.45) is 4.29. The summed E-state index contributed by atoms with van der Waals surface area (Å²) in [5.74, 6) is 0.0664. The first-order valence-electron chi connectivity index (χ1n) is 11.2. The van der Waals surface area contributed by atoms with Crippen molar-refractivity contribution >= 4 is 29.2 Å². The van der Waals surface area contributed by atoms with Gasteiger partial charge in [-0.1, -0.05) is 11.6 Å². The summed E-state index contributed by atoms with van der Waals surface area (Å²) in [6, 6.07) is 3.39. The number of benzene rings is 1. The highest BCUT2D eigenvalue weighted by atomic mass is 35.5. The second kappa shape index (κ2) is 11.2. The SMILES string of the molecule is CCOC(=O)[C@H]1CC[C@H](N2CCC(NC(=O)c3cc(Cl)c(N)cc3OC)C(OC)C2)CC1.